The molecule has 1 aromatic carbocycles. The fourth-order valence-electron chi connectivity index (χ4n) is 2.25. The van der Waals surface area contributed by atoms with Crippen molar-refractivity contribution in [3.63, 3.8) is 0 Å². The maximum absolute atomic E-state index is 6.20. The Labute approximate surface area is 103 Å². The van der Waals surface area contributed by atoms with Crippen molar-refractivity contribution in [1.82, 2.24) is 0 Å². The van der Waals surface area contributed by atoms with Crippen LogP contribution in [0.4, 0.5) is 0 Å². The third-order valence-electron chi connectivity index (χ3n) is 3.52. The van der Waals surface area contributed by atoms with Gasteiger partial charge in [-0.1, -0.05) is 6.92 Å². The van der Waals surface area contributed by atoms with Crippen LogP contribution in [0.2, 0.25) is 0 Å². The minimum atomic E-state index is 0.0152. The molecule has 1 aliphatic rings. The molecular formula is C14H21NO2. The number of hydrogen-bond acceptors (Lipinski definition) is 3. The Balaban J connectivity index is 2.38. The van der Waals surface area contributed by atoms with Gasteiger partial charge in [0.05, 0.1) is 14.2 Å². The molecule has 3 heteroatoms. The molecule has 0 radical (unpaired) electrons. The summed E-state index contributed by atoms with van der Waals surface area (Å²) >= 11 is 0. The lowest BCUT2D eigenvalue weighted by Crippen LogP contribution is -2.25. The summed E-state index contributed by atoms with van der Waals surface area (Å²) in [6.07, 6.45) is 4.12. The third-order valence-corrected chi connectivity index (χ3v) is 3.52. The Bertz CT molecular complexity index is 411. The van der Waals surface area contributed by atoms with E-state index in [0.29, 0.717) is 0 Å². The first kappa shape index (κ1) is 12.2. The van der Waals surface area contributed by atoms with Crippen molar-refractivity contribution in [3.8, 4) is 11.5 Å². The van der Waals surface area contributed by atoms with Crippen LogP contribution < -0.4 is 15.2 Å². The van der Waals surface area contributed by atoms with E-state index in [9.17, 15) is 0 Å². The van der Waals surface area contributed by atoms with Gasteiger partial charge in [0.15, 0.2) is 0 Å². The summed E-state index contributed by atoms with van der Waals surface area (Å²) in [5.74, 6) is 1.75. The second-order valence-corrected chi connectivity index (χ2v) is 4.86. The van der Waals surface area contributed by atoms with E-state index in [-0.39, 0.29) is 5.54 Å². The van der Waals surface area contributed by atoms with E-state index >= 15 is 0 Å². The molecule has 1 aliphatic carbocycles. The summed E-state index contributed by atoms with van der Waals surface area (Å²) in [7, 11) is 3.38. The van der Waals surface area contributed by atoms with E-state index in [1.54, 1.807) is 14.2 Å². The normalized spacial score (nSPS) is 16.7. The van der Waals surface area contributed by atoms with Crippen LogP contribution in [0.1, 0.15) is 30.9 Å². The second kappa shape index (κ2) is 4.57. The molecule has 17 heavy (non-hydrogen) atoms. The van der Waals surface area contributed by atoms with Gasteiger partial charge in [-0.25, -0.2) is 0 Å². The van der Waals surface area contributed by atoms with Crippen molar-refractivity contribution >= 4 is 0 Å². The van der Waals surface area contributed by atoms with Gasteiger partial charge in [-0.15, -0.1) is 0 Å². The first-order chi connectivity index (χ1) is 8.11. The summed E-state index contributed by atoms with van der Waals surface area (Å²) in [5.41, 5.74) is 8.74. The molecule has 0 atom stereocenters. The molecule has 1 aromatic rings. The molecule has 0 aromatic heterocycles. The summed E-state index contributed by atoms with van der Waals surface area (Å²) in [4.78, 5) is 0. The highest BCUT2D eigenvalue weighted by molar-refractivity contribution is 5.47. The van der Waals surface area contributed by atoms with Crippen LogP contribution in [0.25, 0.3) is 0 Å². The van der Waals surface area contributed by atoms with E-state index in [2.05, 4.69) is 13.0 Å². The Hall–Kier alpha value is -1.22. The number of benzene rings is 1. The monoisotopic (exact) mass is 235 g/mol. The molecule has 0 unspecified atom stereocenters. The Morgan fingerprint density at radius 3 is 2.41 bits per heavy atom. The van der Waals surface area contributed by atoms with E-state index in [1.807, 2.05) is 6.07 Å². The number of rotatable bonds is 5. The molecular weight excluding hydrogens is 214 g/mol. The van der Waals surface area contributed by atoms with E-state index in [4.69, 9.17) is 15.2 Å². The molecule has 2 rings (SSSR count). The molecule has 0 amide bonds. The van der Waals surface area contributed by atoms with Crippen molar-refractivity contribution in [2.75, 3.05) is 14.2 Å². The lowest BCUT2D eigenvalue weighted by Gasteiger charge is -2.17. The number of ether oxygens (including phenoxy) is 2. The molecule has 0 heterocycles. The largest absolute Gasteiger partial charge is 0.497 e. The molecule has 2 N–H and O–H groups in total. The number of methoxy groups -OCH3 is 2. The topological polar surface area (TPSA) is 44.5 Å². The fraction of sp³-hybridized carbons (Fsp3) is 0.571. The summed E-state index contributed by atoms with van der Waals surface area (Å²) in [5, 5.41) is 0. The molecule has 1 saturated carbocycles. The summed E-state index contributed by atoms with van der Waals surface area (Å²) < 4.78 is 10.7. The fourth-order valence-corrected chi connectivity index (χ4v) is 2.25. The van der Waals surface area contributed by atoms with Crippen LogP contribution in [0.5, 0.6) is 11.5 Å². The van der Waals surface area contributed by atoms with Gasteiger partial charge in [-0.3, -0.25) is 0 Å². The summed E-state index contributed by atoms with van der Waals surface area (Å²) in [6, 6.07) is 4.03. The zero-order chi connectivity index (χ0) is 12.5. The zero-order valence-corrected chi connectivity index (χ0v) is 10.9. The van der Waals surface area contributed by atoms with Gasteiger partial charge in [-0.2, -0.15) is 0 Å². The SMILES string of the molecule is CCc1c(CC2(N)CC2)cc(OC)cc1OC. The maximum atomic E-state index is 6.20. The second-order valence-electron chi connectivity index (χ2n) is 4.86. The van der Waals surface area contributed by atoms with Gasteiger partial charge in [-0.05, 0) is 42.9 Å². The van der Waals surface area contributed by atoms with Crippen molar-refractivity contribution in [1.29, 1.82) is 0 Å². The zero-order valence-electron chi connectivity index (χ0n) is 10.9. The van der Waals surface area contributed by atoms with Crippen LogP contribution in [-0.2, 0) is 12.8 Å². The van der Waals surface area contributed by atoms with Gasteiger partial charge in [0.25, 0.3) is 0 Å². The van der Waals surface area contributed by atoms with Crippen molar-refractivity contribution < 1.29 is 9.47 Å². The molecule has 0 bridgehead atoms. The van der Waals surface area contributed by atoms with E-state index in [1.165, 1.54) is 11.1 Å². The predicted octanol–water partition coefficient (Wildman–Crippen LogP) is 2.30. The maximum Gasteiger partial charge on any atom is 0.126 e. The smallest absolute Gasteiger partial charge is 0.126 e. The first-order valence-electron chi connectivity index (χ1n) is 6.14. The van der Waals surface area contributed by atoms with Crippen molar-refractivity contribution in [2.24, 2.45) is 5.73 Å². The van der Waals surface area contributed by atoms with Crippen LogP contribution in [0, 0.1) is 0 Å². The van der Waals surface area contributed by atoms with Crippen LogP contribution in [-0.4, -0.2) is 19.8 Å². The van der Waals surface area contributed by atoms with Gasteiger partial charge in [0, 0.05) is 11.6 Å². The highest BCUT2D eigenvalue weighted by atomic mass is 16.5. The van der Waals surface area contributed by atoms with Crippen molar-refractivity contribution in [3.05, 3.63) is 23.3 Å². The highest BCUT2D eigenvalue weighted by Gasteiger charge is 2.38. The van der Waals surface area contributed by atoms with E-state index in [0.717, 1.165) is 37.2 Å². The molecule has 1 fully saturated rings. The number of nitrogens with two attached hydrogens (primary N) is 1. The highest BCUT2D eigenvalue weighted by Crippen LogP contribution is 2.39. The molecule has 94 valence electrons. The number of hydrogen-bond donors (Lipinski definition) is 1. The standard InChI is InChI=1S/C14H21NO2/c1-4-12-10(9-14(15)5-6-14)7-11(16-2)8-13(12)17-3/h7-8H,4-6,9,15H2,1-3H3. The minimum absolute atomic E-state index is 0.0152. The first-order valence-corrected chi connectivity index (χ1v) is 6.14. The third kappa shape index (κ3) is 2.55. The Morgan fingerprint density at radius 2 is 1.94 bits per heavy atom. The predicted molar refractivity (Wildman–Crippen MR) is 68.8 cm³/mol. The minimum Gasteiger partial charge on any atom is -0.497 e. The quantitative estimate of drug-likeness (QED) is 0.851. The molecule has 0 aliphatic heterocycles. The van der Waals surface area contributed by atoms with Crippen molar-refractivity contribution in [2.45, 2.75) is 38.1 Å². The Kier molecular flexibility index (Phi) is 3.29. The average Bonchev–Trinajstić information content (AvgIpc) is 3.05. The van der Waals surface area contributed by atoms with Gasteiger partial charge in [0.2, 0.25) is 0 Å². The Morgan fingerprint density at radius 1 is 1.24 bits per heavy atom. The lowest BCUT2D eigenvalue weighted by molar-refractivity contribution is 0.389. The lowest BCUT2D eigenvalue weighted by atomic mass is 9.96. The van der Waals surface area contributed by atoms with Gasteiger partial charge < -0.3 is 15.2 Å². The van der Waals surface area contributed by atoms with Crippen LogP contribution in [0.3, 0.4) is 0 Å². The van der Waals surface area contributed by atoms with Crippen LogP contribution in [0.15, 0.2) is 12.1 Å². The van der Waals surface area contributed by atoms with Gasteiger partial charge in [0.1, 0.15) is 11.5 Å². The van der Waals surface area contributed by atoms with Gasteiger partial charge >= 0.3 is 0 Å². The van der Waals surface area contributed by atoms with E-state index < -0.39 is 0 Å². The summed E-state index contributed by atoms with van der Waals surface area (Å²) in [6.45, 7) is 2.14. The van der Waals surface area contributed by atoms with Crippen LogP contribution >= 0.6 is 0 Å². The molecule has 3 nitrogen and oxygen atoms in total. The average molecular weight is 235 g/mol. The molecule has 0 spiro atoms. The molecule has 0 saturated heterocycles.